The average molecular weight is 262 g/mol. The van der Waals surface area contributed by atoms with Crippen LogP contribution < -0.4 is 0 Å². The number of ether oxygens (including phenoxy) is 2. The maximum absolute atomic E-state index is 12.1. The van der Waals surface area contributed by atoms with Crippen molar-refractivity contribution in [2.45, 2.75) is 6.92 Å². The molecule has 0 aromatic carbocycles. The lowest BCUT2D eigenvalue weighted by atomic mass is 10.4. The first-order valence-electron chi connectivity index (χ1n) is 5.80. The van der Waals surface area contributed by atoms with Gasteiger partial charge in [-0.2, -0.15) is 0 Å². The van der Waals surface area contributed by atoms with E-state index < -0.39 is 5.97 Å². The van der Waals surface area contributed by atoms with Crippen LogP contribution >= 0.6 is 0 Å². The summed E-state index contributed by atoms with van der Waals surface area (Å²) in [4.78, 5) is 25.6. The second-order valence-corrected chi connectivity index (χ2v) is 3.66. The zero-order valence-corrected chi connectivity index (χ0v) is 11.2. The maximum atomic E-state index is 12.1. The van der Waals surface area contributed by atoms with E-state index in [9.17, 15) is 9.59 Å². The van der Waals surface area contributed by atoms with Crippen LogP contribution in [0, 0.1) is 0 Å². The number of carbonyl (C=O) groups excluding carboxylic acids is 1. The van der Waals surface area contributed by atoms with E-state index in [4.69, 9.17) is 14.6 Å². The van der Waals surface area contributed by atoms with E-state index in [-0.39, 0.29) is 12.6 Å². The number of carboxylic acid groups (broad SMARTS) is 1. The highest BCUT2D eigenvalue weighted by Gasteiger charge is 2.21. The summed E-state index contributed by atoms with van der Waals surface area (Å²) in [5, 5.41) is 8.74. The van der Waals surface area contributed by atoms with Crippen LogP contribution in [0.4, 0.5) is 4.79 Å². The number of methoxy groups -OCH3 is 2. The lowest BCUT2D eigenvalue weighted by Crippen LogP contribution is -2.47. The Morgan fingerprint density at radius 1 is 1.06 bits per heavy atom. The Morgan fingerprint density at radius 2 is 1.56 bits per heavy atom. The average Bonchev–Trinajstić information content (AvgIpc) is 2.35. The van der Waals surface area contributed by atoms with E-state index in [2.05, 4.69) is 0 Å². The maximum Gasteiger partial charge on any atom is 0.323 e. The van der Waals surface area contributed by atoms with E-state index in [1.54, 1.807) is 21.1 Å². The second kappa shape index (κ2) is 9.67. The summed E-state index contributed by atoms with van der Waals surface area (Å²) >= 11 is 0. The van der Waals surface area contributed by atoms with Gasteiger partial charge in [0.2, 0.25) is 0 Å². The molecule has 0 heterocycles. The molecule has 0 aliphatic carbocycles. The molecule has 0 radical (unpaired) electrons. The van der Waals surface area contributed by atoms with Crippen LogP contribution in [0.1, 0.15) is 6.92 Å². The SMILES string of the molecule is CCN(CC(=O)O)C(=O)N(CCOC)CCOC. The molecule has 2 amide bonds. The normalized spacial score (nSPS) is 10.2. The first-order valence-corrected chi connectivity index (χ1v) is 5.80. The molecule has 0 atom stereocenters. The minimum Gasteiger partial charge on any atom is -0.480 e. The third kappa shape index (κ3) is 6.41. The van der Waals surface area contributed by atoms with Gasteiger partial charge < -0.3 is 24.4 Å². The van der Waals surface area contributed by atoms with Gasteiger partial charge in [0, 0.05) is 33.9 Å². The number of urea groups is 1. The summed E-state index contributed by atoms with van der Waals surface area (Å²) in [6.45, 7) is 3.42. The van der Waals surface area contributed by atoms with Gasteiger partial charge in [0.15, 0.2) is 0 Å². The molecule has 0 spiro atoms. The first kappa shape index (κ1) is 16.7. The molecular weight excluding hydrogens is 240 g/mol. The fraction of sp³-hybridized carbons (Fsp3) is 0.818. The van der Waals surface area contributed by atoms with Crippen molar-refractivity contribution < 1.29 is 24.2 Å². The first-order chi connectivity index (χ1) is 8.56. The molecule has 106 valence electrons. The van der Waals surface area contributed by atoms with Gasteiger partial charge in [-0.15, -0.1) is 0 Å². The molecular formula is C11H22N2O5. The van der Waals surface area contributed by atoms with Crippen LogP contribution in [-0.4, -0.2) is 80.5 Å². The van der Waals surface area contributed by atoms with Gasteiger partial charge in [0.1, 0.15) is 6.54 Å². The van der Waals surface area contributed by atoms with Gasteiger partial charge in [-0.05, 0) is 6.92 Å². The van der Waals surface area contributed by atoms with E-state index in [1.165, 1.54) is 9.80 Å². The van der Waals surface area contributed by atoms with E-state index >= 15 is 0 Å². The van der Waals surface area contributed by atoms with E-state index in [0.717, 1.165) is 0 Å². The number of nitrogens with zero attached hydrogens (tertiary/aromatic N) is 2. The van der Waals surface area contributed by atoms with Crippen molar-refractivity contribution in [3.63, 3.8) is 0 Å². The standard InChI is InChI=1S/C11H22N2O5/c1-4-12(9-10(14)15)11(16)13(5-7-17-2)6-8-18-3/h4-9H2,1-3H3,(H,14,15). The zero-order chi connectivity index (χ0) is 14.0. The van der Waals surface area contributed by atoms with Crippen molar-refractivity contribution >= 4 is 12.0 Å². The smallest absolute Gasteiger partial charge is 0.323 e. The monoisotopic (exact) mass is 262 g/mol. The fourth-order valence-corrected chi connectivity index (χ4v) is 1.38. The number of carboxylic acids is 1. The van der Waals surface area contributed by atoms with Crippen molar-refractivity contribution in [2.24, 2.45) is 0 Å². The molecule has 18 heavy (non-hydrogen) atoms. The third-order valence-electron chi connectivity index (χ3n) is 2.38. The van der Waals surface area contributed by atoms with Crippen molar-refractivity contribution in [2.75, 3.05) is 53.6 Å². The zero-order valence-electron chi connectivity index (χ0n) is 11.2. The molecule has 0 saturated heterocycles. The van der Waals surface area contributed by atoms with Gasteiger partial charge in [-0.3, -0.25) is 4.79 Å². The van der Waals surface area contributed by atoms with Gasteiger partial charge in [-0.1, -0.05) is 0 Å². The summed E-state index contributed by atoms with van der Waals surface area (Å²) in [6.07, 6.45) is 0. The fourth-order valence-electron chi connectivity index (χ4n) is 1.38. The summed E-state index contributed by atoms with van der Waals surface area (Å²) in [5.41, 5.74) is 0. The quantitative estimate of drug-likeness (QED) is 0.638. The molecule has 0 unspecified atom stereocenters. The van der Waals surface area contributed by atoms with Gasteiger partial charge in [0.05, 0.1) is 13.2 Å². The molecule has 0 aliphatic heterocycles. The summed E-state index contributed by atoms with van der Waals surface area (Å²) in [5.74, 6) is -1.02. The van der Waals surface area contributed by atoms with Crippen LogP contribution in [0.25, 0.3) is 0 Å². The predicted octanol–water partition coefficient (Wildman–Crippen LogP) is 0.108. The Morgan fingerprint density at radius 3 is 1.89 bits per heavy atom. The van der Waals surface area contributed by atoms with Gasteiger partial charge in [-0.25, -0.2) is 4.79 Å². The topological polar surface area (TPSA) is 79.3 Å². The number of hydrogen-bond acceptors (Lipinski definition) is 4. The number of aliphatic carboxylic acids is 1. The van der Waals surface area contributed by atoms with Crippen LogP contribution in [0.3, 0.4) is 0 Å². The molecule has 0 aliphatic rings. The largest absolute Gasteiger partial charge is 0.480 e. The highest BCUT2D eigenvalue weighted by atomic mass is 16.5. The Hall–Kier alpha value is -1.34. The lowest BCUT2D eigenvalue weighted by molar-refractivity contribution is -0.137. The Bertz CT molecular complexity index is 252. The highest BCUT2D eigenvalue weighted by molar-refractivity contribution is 5.80. The molecule has 0 bridgehead atoms. The van der Waals surface area contributed by atoms with Crippen molar-refractivity contribution in [1.29, 1.82) is 0 Å². The van der Waals surface area contributed by atoms with E-state index in [1.807, 2.05) is 0 Å². The lowest BCUT2D eigenvalue weighted by Gasteiger charge is -2.28. The molecule has 1 N–H and O–H groups in total. The van der Waals surface area contributed by atoms with Crippen molar-refractivity contribution in [1.82, 2.24) is 9.80 Å². The number of likely N-dealkylation sites (N-methyl/N-ethyl adjacent to an activating group) is 1. The van der Waals surface area contributed by atoms with Gasteiger partial charge >= 0.3 is 12.0 Å². The van der Waals surface area contributed by atoms with Crippen LogP contribution in [0.2, 0.25) is 0 Å². The molecule has 7 nitrogen and oxygen atoms in total. The number of hydrogen-bond donors (Lipinski definition) is 1. The highest BCUT2D eigenvalue weighted by Crippen LogP contribution is 2.00. The molecule has 0 saturated carbocycles. The predicted molar refractivity (Wildman–Crippen MR) is 65.6 cm³/mol. The third-order valence-corrected chi connectivity index (χ3v) is 2.38. The molecule has 0 fully saturated rings. The van der Waals surface area contributed by atoms with Crippen LogP contribution in [0.5, 0.6) is 0 Å². The van der Waals surface area contributed by atoms with Crippen LogP contribution in [-0.2, 0) is 14.3 Å². The Kier molecular flexibility index (Phi) is 8.95. The summed E-state index contributed by atoms with van der Waals surface area (Å²) in [7, 11) is 3.10. The van der Waals surface area contributed by atoms with Crippen LogP contribution in [0.15, 0.2) is 0 Å². The van der Waals surface area contributed by atoms with Crippen molar-refractivity contribution in [3.05, 3.63) is 0 Å². The number of rotatable bonds is 9. The molecule has 0 rings (SSSR count). The van der Waals surface area contributed by atoms with Gasteiger partial charge in [0.25, 0.3) is 0 Å². The second-order valence-electron chi connectivity index (χ2n) is 3.66. The minimum atomic E-state index is -1.02. The van der Waals surface area contributed by atoms with E-state index in [0.29, 0.717) is 32.8 Å². The minimum absolute atomic E-state index is 0.300. The summed E-state index contributed by atoms with van der Waals surface area (Å²) in [6, 6.07) is -0.311. The number of amides is 2. The molecule has 7 heteroatoms. The summed E-state index contributed by atoms with van der Waals surface area (Å²) < 4.78 is 9.85. The number of carbonyl (C=O) groups is 2. The van der Waals surface area contributed by atoms with Crippen molar-refractivity contribution in [3.8, 4) is 0 Å². The Labute approximate surface area is 107 Å². The molecule has 0 aromatic heterocycles. The Balaban J connectivity index is 4.51. The molecule has 0 aromatic rings.